The number of methoxy groups -OCH3 is 1. The van der Waals surface area contributed by atoms with Gasteiger partial charge in [0.25, 0.3) is 0 Å². The molecule has 3 nitrogen and oxygen atoms in total. The van der Waals surface area contributed by atoms with Gasteiger partial charge in [0, 0.05) is 6.07 Å². The second-order valence-corrected chi connectivity index (χ2v) is 2.77. The van der Waals surface area contributed by atoms with Gasteiger partial charge in [0.05, 0.1) is 11.6 Å². The van der Waals surface area contributed by atoms with Crippen LogP contribution in [0.4, 0.5) is 0 Å². The van der Waals surface area contributed by atoms with Gasteiger partial charge in [-0.3, -0.25) is 0 Å². The molecule has 0 atom stereocenters. The van der Waals surface area contributed by atoms with Gasteiger partial charge < -0.3 is 9.57 Å². The standard InChI is InChI=1S/C7H8BrNO2/c1-10-7-4-5(11-9)2-3-6(7)8/h2-4H,9H2,1H3. The summed E-state index contributed by atoms with van der Waals surface area (Å²) in [4.78, 5) is 4.51. The van der Waals surface area contributed by atoms with Gasteiger partial charge in [-0.15, -0.1) is 0 Å². The third-order valence-corrected chi connectivity index (χ3v) is 1.91. The summed E-state index contributed by atoms with van der Waals surface area (Å²) in [6.45, 7) is 0. The minimum Gasteiger partial charge on any atom is -0.495 e. The first-order chi connectivity index (χ1) is 5.27. The average Bonchev–Trinajstić information content (AvgIpc) is 2.05. The zero-order chi connectivity index (χ0) is 8.27. The van der Waals surface area contributed by atoms with E-state index in [0.29, 0.717) is 11.5 Å². The molecule has 1 rings (SSSR count). The van der Waals surface area contributed by atoms with Crippen molar-refractivity contribution in [3.63, 3.8) is 0 Å². The van der Waals surface area contributed by atoms with Crippen molar-refractivity contribution in [2.24, 2.45) is 5.90 Å². The lowest BCUT2D eigenvalue weighted by atomic mass is 10.3. The van der Waals surface area contributed by atoms with Crippen LogP contribution in [0.25, 0.3) is 0 Å². The van der Waals surface area contributed by atoms with Crippen molar-refractivity contribution >= 4 is 15.9 Å². The smallest absolute Gasteiger partial charge is 0.150 e. The maximum Gasteiger partial charge on any atom is 0.150 e. The Morgan fingerprint density at radius 3 is 2.73 bits per heavy atom. The van der Waals surface area contributed by atoms with Crippen LogP contribution in [-0.2, 0) is 0 Å². The SMILES string of the molecule is COc1cc(ON)ccc1Br. The Labute approximate surface area is 73.2 Å². The van der Waals surface area contributed by atoms with Crippen LogP contribution >= 0.6 is 15.9 Å². The molecule has 0 aromatic heterocycles. The fourth-order valence-electron chi connectivity index (χ4n) is 0.713. The Balaban J connectivity index is 3.02. The Morgan fingerprint density at radius 1 is 1.45 bits per heavy atom. The first kappa shape index (κ1) is 8.36. The van der Waals surface area contributed by atoms with Crippen LogP contribution < -0.4 is 15.5 Å². The van der Waals surface area contributed by atoms with Crippen LogP contribution in [0, 0.1) is 0 Å². The van der Waals surface area contributed by atoms with Crippen LogP contribution in [0.2, 0.25) is 0 Å². The first-order valence-electron chi connectivity index (χ1n) is 2.98. The summed E-state index contributed by atoms with van der Waals surface area (Å²) in [5.74, 6) is 6.23. The molecular formula is C7H8BrNO2. The quantitative estimate of drug-likeness (QED) is 0.768. The molecule has 0 saturated heterocycles. The molecule has 0 heterocycles. The van der Waals surface area contributed by atoms with Crippen molar-refractivity contribution < 1.29 is 9.57 Å². The molecule has 0 bridgehead atoms. The van der Waals surface area contributed by atoms with E-state index < -0.39 is 0 Å². The lowest BCUT2D eigenvalue weighted by molar-refractivity contribution is 0.330. The fourth-order valence-corrected chi connectivity index (χ4v) is 1.12. The molecule has 0 amide bonds. The minimum absolute atomic E-state index is 0.574. The van der Waals surface area contributed by atoms with Crippen LogP contribution in [0.5, 0.6) is 11.5 Å². The number of benzene rings is 1. The van der Waals surface area contributed by atoms with Gasteiger partial charge in [0.2, 0.25) is 0 Å². The number of halogens is 1. The van der Waals surface area contributed by atoms with Gasteiger partial charge >= 0.3 is 0 Å². The topological polar surface area (TPSA) is 44.5 Å². The van der Waals surface area contributed by atoms with Crippen molar-refractivity contribution in [3.05, 3.63) is 22.7 Å². The van der Waals surface area contributed by atoms with Gasteiger partial charge in [-0.1, -0.05) is 0 Å². The summed E-state index contributed by atoms with van der Waals surface area (Å²) in [6, 6.07) is 5.25. The zero-order valence-electron chi connectivity index (χ0n) is 6.00. The van der Waals surface area contributed by atoms with E-state index in [1.807, 2.05) is 0 Å². The Morgan fingerprint density at radius 2 is 2.18 bits per heavy atom. The molecule has 2 N–H and O–H groups in total. The van der Waals surface area contributed by atoms with Gasteiger partial charge in [0.1, 0.15) is 5.75 Å². The molecule has 0 spiro atoms. The van der Waals surface area contributed by atoms with E-state index in [9.17, 15) is 0 Å². The van der Waals surface area contributed by atoms with Crippen molar-refractivity contribution in [3.8, 4) is 11.5 Å². The third-order valence-electron chi connectivity index (χ3n) is 1.26. The van der Waals surface area contributed by atoms with E-state index in [-0.39, 0.29) is 0 Å². The van der Waals surface area contributed by atoms with Gasteiger partial charge in [-0.05, 0) is 28.1 Å². The molecule has 11 heavy (non-hydrogen) atoms. The lowest BCUT2D eigenvalue weighted by Crippen LogP contribution is -2.01. The van der Waals surface area contributed by atoms with Crippen LogP contribution in [0.3, 0.4) is 0 Å². The molecular weight excluding hydrogens is 210 g/mol. The van der Waals surface area contributed by atoms with E-state index in [0.717, 1.165) is 4.47 Å². The Kier molecular flexibility index (Phi) is 2.73. The maximum atomic E-state index is 5.01. The highest BCUT2D eigenvalue weighted by Crippen LogP contribution is 2.28. The van der Waals surface area contributed by atoms with Gasteiger partial charge in [-0.2, -0.15) is 5.90 Å². The van der Waals surface area contributed by atoms with Gasteiger partial charge in [0.15, 0.2) is 5.75 Å². The van der Waals surface area contributed by atoms with Crippen molar-refractivity contribution in [1.82, 2.24) is 0 Å². The number of ether oxygens (including phenoxy) is 1. The fraction of sp³-hybridized carbons (Fsp3) is 0.143. The maximum absolute atomic E-state index is 5.01. The van der Waals surface area contributed by atoms with Crippen molar-refractivity contribution in [2.45, 2.75) is 0 Å². The summed E-state index contributed by atoms with van der Waals surface area (Å²) >= 11 is 3.30. The Bertz CT molecular complexity index is 252. The number of hydrogen-bond donors (Lipinski definition) is 1. The second kappa shape index (κ2) is 3.59. The van der Waals surface area contributed by atoms with Crippen LogP contribution in [0.1, 0.15) is 0 Å². The predicted octanol–water partition coefficient (Wildman–Crippen LogP) is 1.71. The van der Waals surface area contributed by atoms with Crippen molar-refractivity contribution in [2.75, 3.05) is 7.11 Å². The molecule has 0 unspecified atom stereocenters. The van der Waals surface area contributed by atoms with Crippen molar-refractivity contribution in [1.29, 1.82) is 0 Å². The number of rotatable bonds is 2. The molecule has 1 aromatic rings. The lowest BCUT2D eigenvalue weighted by Gasteiger charge is -2.04. The molecule has 0 saturated carbocycles. The summed E-state index contributed by atoms with van der Waals surface area (Å²) in [5.41, 5.74) is 0. The van der Waals surface area contributed by atoms with E-state index in [2.05, 4.69) is 20.8 Å². The second-order valence-electron chi connectivity index (χ2n) is 1.91. The highest BCUT2D eigenvalue weighted by molar-refractivity contribution is 9.10. The predicted molar refractivity (Wildman–Crippen MR) is 45.5 cm³/mol. The monoisotopic (exact) mass is 217 g/mol. The van der Waals surface area contributed by atoms with Crippen LogP contribution in [0.15, 0.2) is 22.7 Å². The van der Waals surface area contributed by atoms with E-state index in [1.165, 1.54) is 0 Å². The molecule has 0 radical (unpaired) electrons. The summed E-state index contributed by atoms with van der Waals surface area (Å²) in [5, 5.41) is 0. The number of hydrogen-bond acceptors (Lipinski definition) is 3. The van der Waals surface area contributed by atoms with E-state index in [4.69, 9.17) is 10.6 Å². The molecule has 0 fully saturated rings. The summed E-state index contributed by atoms with van der Waals surface area (Å²) < 4.78 is 5.88. The van der Waals surface area contributed by atoms with Crippen LogP contribution in [-0.4, -0.2) is 7.11 Å². The molecule has 60 valence electrons. The summed E-state index contributed by atoms with van der Waals surface area (Å²) in [7, 11) is 1.58. The minimum atomic E-state index is 0.574. The van der Waals surface area contributed by atoms with E-state index in [1.54, 1.807) is 25.3 Å². The largest absolute Gasteiger partial charge is 0.495 e. The Hall–Kier alpha value is -0.740. The highest BCUT2D eigenvalue weighted by Gasteiger charge is 2.00. The third kappa shape index (κ3) is 1.85. The zero-order valence-corrected chi connectivity index (χ0v) is 7.59. The molecule has 4 heteroatoms. The molecule has 1 aromatic carbocycles. The highest BCUT2D eigenvalue weighted by atomic mass is 79.9. The van der Waals surface area contributed by atoms with E-state index >= 15 is 0 Å². The molecule has 0 aliphatic rings. The number of nitrogens with two attached hydrogens (primary N) is 1. The molecule has 0 aliphatic heterocycles. The summed E-state index contributed by atoms with van der Waals surface area (Å²) in [6.07, 6.45) is 0. The normalized spacial score (nSPS) is 9.36. The van der Waals surface area contributed by atoms with Gasteiger partial charge in [-0.25, -0.2) is 0 Å². The average molecular weight is 218 g/mol. The molecule has 0 aliphatic carbocycles. The first-order valence-corrected chi connectivity index (χ1v) is 3.77.